The summed E-state index contributed by atoms with van der Waals surface area (Å²) >= 11 is -0.556. The monoisotopic (exact) mass is 584 g/mol. The van der Waals surface area contributed by atoms with Crippen molar-refractivity contribution in [1.82, 2.24) is 0 Å². The van der Waals surface area contributed by atoms with Gasteiger partial charge in [-0.05, 0) is 58.0 Å². The van der Waals surface area contributed by atoms with Crippen LogP contribution >= 0.6 is 18.6 Å². The Morgan fingerprint density at radius 3 is 1.32 bits per heavy atom. The van der Waals surface area contributed by atoms with E-state index in [1.165, 1.54) is 57.8 Å². The first-order chi connectivity index (χ1) is 18.4. The van der Waals surface area contributed by atoms with Gasteiger partial charge < -0.3 is 0 Å². The molecule has 0 N–H and O–H groups in total. The van der Waals surface area contributed by atoms with Gasteiger partial charge in [0.1, 0.15) is 0 Å². The van der Waals surface area contributed by atoms with Crippen molar-refractivity contribution in [1.29, 1.82) is 0 Å². The molecule has 2 saturated carbocycles. The Labute approximate surface area is 248 Å². The maximum atomic E-state index is 4.89. The number of benzene rings is 2. The van der Waals surface area contributed by atoms with Crippen LogP contribution in [0.2, 0.25) is 13.1 Å². The molecule has 188 valence electrons. The van der Waals surface area contributed by atoms with Crippen LogP contribution in [0.5, 0.6) is 0 Å². The van der Waals surface area contributed by atoms with Gasteiger partial charge in [0.15, 0.2) is 0 Å². The molecule has 4 heteroatoms. The Kier molecular flexibility index (Phi) is 9.13. The second-order valence-corrected chi connectivity index (χ2v) is 17.2. The molecule has 0 saturated heterocycles. The molecular formula is C34H30Cl2SiTi. The van der Waals surface area contributed by atoms with E-state index in [4.69, 9.17) is 18.6 Å². The third-order valence-electron chi connectivity index (χ3n) is 7.68. The van der Waals surface area contributed by atoms with Gasteiger partial charge in [-0.2, -0.15) is 0 Å². The van der Waals surface area contributed by atoms with Crippen LogP contribution in [-0.2, 0) is 17.0 Å². The molecule has 4 aliphatic rings. The molecule has 0 bridgehead atoms. The topological polar surface area (TPSA) is 0 Å². The quantitative estimate of drug-likeness (QED) is 0.314. The molecule has 6 rings (SSSR count). The van der Waals surface area contributed by atoms with Crippen molar-refractivity contribution in [2.45, 2.75) is 26.9 Å². The van der Waals surface area contributed by atoms with Crippen LogP contribution in [-0.4, -0.2) is 8.07 Å². The number of halogens is 2. The van der Waals surface area contributed by atoms with Gasteiger partial charge in [0.25, 0.3) is 0 Å². The van der Waals surface area contributed by atoms with E-state index >= 15 is 0 Å². The Balaban J connectivity index is 0.000000937. The molecule has 0 aliphatic heterocycles. The van der Waals surface area contributed by atoms with E-state index in [2.05, 4.69) is 137 Å². The summed E-state index contributed by atoms with van der Waals surface area (Å²) < 4.78 is 0. The van der Waals surface area contributed by atoms with Crippen molar-refractivity contribution in [3.05, 3.63) is 168 Å². The third kappa shape index (κ3) is 5.31. The van der Waals surface area contributed by atoms with Crippen molar-refractivity contribution in [3.8, 4) is 0 Å². The minimum atomic E-state index is -2.02. The molecule has 38 heavy (non-hydrogen) atoms. The van der Waals surface area contributed by atoms with Gasteiger partial charge >= 0.3 is 35.6 Å². The number of hydrogen-bond donors (Lipinski definition) is 0. The summed E-state index contributed by atoms with van der Waals surface area (Å²) in [6, 6.07) is 21.6. The first-order valence-corrected chi connectivity index (χ1v) is 20.1. The molecule has 0 aromatic heterocycles. The summed E-state index contributed by atoms with van der Waals surface area (Å²) in [5, 5.41) is 0. The minimum absolute atomic E-state index is 0.556. The van der Waals surface area contributed by atoms with Crippen LogP contribution < -0.4 is 0 Å². The standard InChI is InChI=1S/C34H30Si.2ClH.Ti/c1-23-21-31-27(25-13-7-5-8-14-25)17-11-19-29(31)33(23)35(3,4)34-24(2)22-32-28(18-12-20-30(32)34)26-15-9-6-10-16-26;;;/h5-22H,1-4H3;2*1H;/q;;;+2/p-2. The molecule has 2 fully saturated rings. The Morgan fingerprint density at radius 1 is 0.579 bits per heavy atom. The average Bonchev–Trinajstić information content (AvgIpc) is 3.46. The Hall–Kier alpha value is -1.09. The molecule has 0 nitrogen and oxygen atoms in total. The fourth-order valence-corrected chi connectivity index (χ4v) is 10.6. The normalized spacial score (nSPS) is 22.1. The van der Waals surface area contributed by atoms with E-state index in [-0.39, 0.29) is 0 Å². The molecule has 0 heterocycles. The van der Waals surface area contributed by atoms with Gasteiger partial charge in [-0.1, -0.05) is 124 Å². The van der Waals surface area contributed by atoms with Crippen molar-refractivity contribution in [3.63, 3.8) is 0 Å². The van der Waals surface area contributed by atoms with Gasteiger partial charge in [-0.3, -0.25) is 0 Å². The van der Waals surface area contributed by atoms with Crippen LogP contribution in [0.4, 0.5) is 0 Å². The summed E-state index contributed by atoms with van der Waals surface area (Å²) in [5.74, 6) is 8.46. The summed E-state index contributed by atoms with van der Waals surface area (Å²) in [4.78, 5) is 0. The zero-order valence-electron chi connectivity index (χ0n) is 22.1. The van der Waals surface area contributed by atoms with Crippen LogP contribution in [0.3, 0.4) is 0 Å². The fraction of sp³-hybridized carbons (Fsp3) is 0.118. The maximum absolute atomic E-state index is 4.89. The second kappa shape index (κ2) is 12.2. The van der Waals surface area contributed by atoms with E-state index in [1.807, 2.05) is 0 Å². The first kappa shape index (κ1) is 28.4. The SMILES string of the molecule is C[C]1[CH][C]2[C](C=CC=C2c2ccccc2)[C]1[Si](C)(C)[C]1[C](C)[CH][C]2[C]1C=CC=C2c1ccccc1.[Cl][Ti][Cl]. The van der Waals surface area contributed by atoms with Crippen molar-refractivity contribution >= 4 is 37.8 Å². The summed E-state index contributed by atoms with van der Waals surface area (Å²) in [6.07, 6.45) is 18.6. The fourth-order valence-electron chi connectivity index (χ4n) is 6.40. The van der Waals surface area contributed by atoms with Crippen molar-refractivity contribution < 1.29 is 17.0 Å². The predicted molar refractivity (Wildman–Crippen MR) is 162 cm³/mol. The van der Waals surface area contributed by atoms with E-state index < -0.39 is 25.1 Å². The molecule has 0 spiro atoms. The zero-order valence-corrected chi connectivity index (χ0v) is 26.2. The molecule has 10 radical (unpaired) electrons. The summed E-state index contributed by atoms with van der Waals surface area (Å²) in [6.45, 7) is 9.71. The molecule has 0 unspecified atom stereocenters. The third-order valence-corrected chi connectivity index (χ3v) is 11.5. The molecule has 0 atom stereocenters. The van der Waals surface area contributed by atoms with E-state index in [0.717, 1.165) is 0 Å². The van der Waals surface area contributed by atoms with Crippen LogP contribution in [0, 0.1) is 59.4 Å². The predicted octanol–water partition coefficient (Wildman–Crippen LogP) is 9.53. The van der Waals surface area contributed by atoms with Gasteiger partial charge in [-0.15, -0.1) is 0 Å². The second-order valence-electron chi connectivity index (χ2n) is 10.4. The zero-order chi connectivity index (χ0) is 26.9. The number of allylic oxidation sites excluding steroid dienone is 8. The number of fused-ring (bicyclic) bond motifs is 2. The van der Waals surface area contributed by atoms with E-state index in [1.54, 1.807) is 11.1 Å². The van der Waals surface area contributed by atoms with Gasteiger partial charge in [-0.25, -0.2) is 0 Å². The van der Waals surface area contributed by atoms with Crippen molar-refractivity contribution in [2.24, 2.45) is 0 Å². The van der Waals surface area contributed by atoms with Gasteiger partial charge in [0, 0.05) is 23.7 Å². The summed E-state index contributed by atoms with van der Waals surface area (Å²) in [7, 11) is 7.76. The first-order valence-electron chi connectivity index (χ1n) is 12.8. The van der Waals surface area contributed by atoms with Gasteiger partial charge in [0.05, 0.1) is 8.07 Å². The number of rotatable bonds is 4. The number of hydrogen-bond acceptors (Lipinski definition) is 0. The van der Waals surface area contributed by atoms with Crippen LogP contribution in [0.25, 0.3) is 11.1 Å². The van der Waals surface area contributed by atoms with Gasteiger partial charge in [0.2, 0.25) is 0 Å². The van der Waals surface area contributed by atoms with E-state index in [9.17, 15) is 0 Å². The molecule has 2 aromatic rings. The molecule has 2 aromatic carbocycles. The van der Waals surface area contributed by atoms with Crippen LogP contribution in [0.1, 0.15) is 25.0 Å². The van der Waals surface area contributed by atoms with Crippen molar-refractivity contribution in [2.75, 3.05) is 0 Å². The molecule has 4 aliphatic carbocycles. The Bertz CT molecular complexity index is 1120. The summed E-state index contributed by atoms with van der Waals surface area (Å²) in [5.41, 5.74) is 8.39. The van der Waals surface area contributed by atoms with Crippen LogP contribution in [0.15, 0.2) is 97.1 Å². The Morgan fingerprint density at radius 2 is 0.947 bits per heavy atom. The average molecular weight is 585 g/mol. The van der Waals surface area contributed by atoms with E-state index in [0.29, 0.717) is 0 Å². The molecular weight excluding hydrogens is 555 g/mol. The molecule has 0 amide bonds.